The zero-order valence-electron chi connectivity index (χ0n) is 18.8. The number of nitrogens with zero attached hydrogens (tertiary/aromatic N) is 4. The van der Waals surface area contributed by atoms with Gasteiger partial charge in [-0.05, 0) is 32.2 Å². The lowest BCUT2D eigenvalue weighted by molar-refractivity contribution is -0.153. The van der Waals surface area contributed by atoms with Gasteiger partial charge in [-0.25, -0.2) is 9.59 Å². The number of alkyl carbamates (subject to hydrolysis) is 1. The SMILES string of the molecule is CN1CCN(CCNC(=O)OCC2(C)SC3C(=Cc4ccccn4)C(=O)N3C2C(=O)O)CC1. The third-order valence-electron chi connectivity index (χ3n) is 6.25. The number of nitrogens with one attached hydrogen (secondary N) is 1. The molecule has 3 fully saturated rings. The number of β-lactam (4-membered cyclic amide) rings is 1. The van der Waals surface area contributed by atoms with Crippen molar-refractivity contribution < 1.29 is 24.2 Å². The summed E-state index contributed by atoms with van der Waals surface area (Å²) in [6.45, 7) is 6.72. The number of fused-ring (bicyclic) bond motifs is 1. The van der Waals surface area contributed by atoms with Gasteiger partial charge >= 0.3 is 12.1 Å². The van der Waals surface area contributed by atoms with Crippen LogP contribution in [0.1, 0.15) is 12.6 Å². The van der Waals surface area contributed by atoms with Crippen molar-refractivity contribution in [1.82, 2.24) is 25.0 Å². The van der Waals surface area contributed by atoms with E-state index in [2.05, 4.69) is 27.1 Å². The summed E-state index contributed by atoms with van der Waals surface area (Å²) in [5, 5.41) is 12.2. The van der Waals surface area contributed by atoms with Gasteiger partial charge in [-0.1, -0.05) is 6.07 Å². The highest BCUT2D eigenvalue weighted by molar-refractivity contribution is 8.02. The van der Waals surface area contributed by atoms with Crippen molar-refractivity contribution >= 4 is 35.8 Å². The molecule has 0 aliphatic carbocycles. The van der Waals surface area contributed by atoms with Crippen molar-refractivity contribution in [3.05, 3.63) is 35.7 Å². The van der Waals surface area contributed by atoms with E-state index in [0.717, 1.165) is 32.7 Å². The number of hydrogen-bond donors (Lipinski definition) is 2. The standard InChI is InChI=1S/C22H29N5O5S/c1-22(14-32-21(31)24-7-8-26-11-9-25(2)10-12-26)17(20(29)30)27-18(28)16(19(27)33-22)13-15-5-3-4-6-23-15/h3-6,13,17,19H,7-12,14H2,1-2H3,(H,24,31)(H,29,30). The van der Waals surface area contributed by atoms with Crippen LogP contribution >= 0.6 is 11.8 Å². The Hall–Kier alpha value is -2.63. The maximum absolute atomic E-state index is 12.7. The van der Waals surface area contributed by atoms with Gasteiger partial charge in [0.25, 0.3) is 5.91 Å². The number of hydrogen-bond acceptors (Lipinski definition) is 8. The highest BCUT2D eigenvalue weighted by Crippen LogP contribution is 2.53. The molecule has 11 heteroatoms. The summed E-state index contributed by atoms with van der Waals surface area (Å²) < 4.78 is 4.43. The first-order valence-electron chi connectivity index (χ1n) is 11.0. The average molecular weight is 476 g/mol. The van der Waals surface area contributed by atoms with Gasteiger partial charge in [-0.15, -0.1) is 11.8 Å². The van der Waals surface area contributed by atoms with Gasteiger partial charge in [-0.3, -0.25) is 14.7 Å². The number of likely N-dealkylation sites (N-methyl/N-ethyl adjacent to an activating group) is 1. The number of aliphatic carboxylic acids is 1. The van der Waals surface area contributed by atoms with Gasteiger partial charge in [0.15, 0.2) is 0 Å². The van der Waals surface area contributed by atoms with Crippen molar-refractivity contribution in [2.45, 2.75) is 23.1 Å². The Kier molecular flexibility index (Phi) is 6.91. The molecule has 3 aliphatic rings. The summed E-state index contributed by atoms with van der Waals surface area (Å²) in [6, 6.07) is 4.31. The molecular weight excluding hydrogens is 446 g/mol. The largest absolute Gasteiger partial charge is 0.480 e. The van der Waals surface area contributed by atoms with Crippen molar-refractivity contribution in [2.75, 3.05) is 52.9 Å². The number of carbonyl (C=O) groups excluding carboxylic acids is 2. The van der Waals surface area contributed by atoms with Crippen molar-refractivity contribution in [3.63, 3.8) is 0 Å². The van der Waals surface area contributed by atoms with Crippen LogP contribution in [-0.4, -0.2) is 112 Å². The average Bonchev–Trinajstić information content (AvgIpc) is 3.08. The summed E-state index contributed by atoms with van der Waals surface area (Å²) >= 11 is 1.33. The Morgan fingerprint density at radius 1 is 1.33 bits per heavy atom. The maximum Gasteiger partial charge on any atom is 0.407 e. The number of pyridine rings is 1. The number of carboxylic acid groups (broad SMARTS) is 1. The minimum Gasteiger partial charge on any atom is -0.480 e. The summed E-state index contributed by atoms with van der Waals surface area (Å²) in [7, 11) is 2.09. The monoisotopic (exact) mass is 475 g/mol. The van der Waals surface area contributed by atoms with E-state index in [1.54, 1.807) is 31.3 Å². The minimum atomic E-state index is -1.11. The van der Waals surface area contributed by atoms with E-state index in [1.807, 2.05) is 6.07 Å². The molecule has 3 aliphatic heterocycles. The second-order valence-corrected chi connectivity index (χ2v) is 10.4. The Morgan fingerprint density at radius 2 is 2.09 bits per heavy atom. The van der Waals surface area contributed by atoms with E-state index in [1.165, 1.54) is 16.7 Å². The van der Waals surface area contributed by atoms with Crippen LogP contribution in [0.25, 0.3) is 6.08 Å². The molecule has 2 amide bonds. The van der Waals surface area contributed by atoms with E-state index < -0.39 is 28.2 Å². The molecule has 2 N–H and O–H groups in total. The van der Waals surface area contributed by atoms with Crippen molar-refractivity contribution in [3.8, 4) is 0 Å². The number of piperazine rings is 1. The molecule has 0 saturated carbocycles. The fourth-order valence-corrected chi connectivity index (χ4v) is 5.93. The number of ether oxygens (including phenoxy) is 1. The van der Waals surface area contributed by atoms with Crippen LogP contribution in [-0.2, 0) is 14.3 Å². The fourth-order valence-electron chi connectivity index (χ4n) is 4.33. The normalized spacial score (nSPS) is 29.0. The first-order valence-corrected chi connectivity index (χ1v) is 11.8. The van der Waals surface area contributed by atoms with E-state index in [9.17, 15) is 19.5 Å². The summed E-state index contributed by atoms with van der Waals surface area (Å²) in [6.07, 6.45) is 2.74. The number of thioether (sulfide) groups is 1. The van der Waals surface area contributed by atoms with E-state index in [0.29, 0.717) is 17.8 Å². The quantitative estimate of drug-likeness (QED) is 0.431. The molecule has 0 radical (unpaired) electrons. The van der Waals surface area contributed by atoms with E-state index in [4.69, 9.17) is 4.74 Å². The van der Waals surface area contributed by atoms with E-state index >= 15 is 0 Å². The molecular formula is C22H29N5O5S. The Morgan fingerprint density at radius 3 is 2.76 bits per heavy atom. The highest BCUT2D eigenvalue weighted by Gasteiger charge is 2.63. The lowest BCUT2D eigenvalue weighted by atomic mass is 9.94. The predicted molar refractivity (Wildman–Crippen MR) is 124 cm³/mol. The molecule has 3 saturated heterocycles. The molecule has 3 unspecified atom stereocenters. The van der Waals surface area contributed by atoms with Gasteiger partial charge in [0.2, 0.25) is 0 Å². The van der Waals surface area contributed by atoms with Crippen LogP contribution in [0.3, 0.4) is 0 Å². The highest BCUT2D eigenvalue weighted by atomic mass is 32.2. The van der Waals surface area contributed by atoms with Gasteiger partial charge in [0.1, 0.15) is 18.0 Å². The summed E-state index contributed by atoms with van der Waals surface area (Å²) in [5.74, 6) is -1.44. The molecule has 4 heterocycles. The van der Waals surface area contributed by atoms with Crippen LogP contribution < -0.4 is 5.32 Å². The second kappa shape index (κ2) is 9.70. The lowest BCUT2D eigenvalue weighted by Crippen LogP contribution is -2.59. The molecule has 0 spiro atoms. The van der Waals surface area contributed by atoms with Crippen LogP contribution in [0.15, 0.2) is 30.0 Å². The second-order valence-electron chi connectivity index (χ2n) is 8.74. The molecule has 1 aromatic rings. The summed E-state index contributed by atoms with van der Waals surface area (Å²) in [5.41, 5.74) is 1.14. The number of carboxylic acids is 1. The summed E-state index contributed by atoms with van der Waals surface area (Å²) in [4.78, 5) is 47.1. The fraction of sp³-hybridized carbons (Fsp3) is 0.545. The van der Waals surface area contributed by atoms with Crippen molar-refractivity contribution in [2.24, 2.45) is 0 Å². The predicted octanol–water partition coefficient (Wildman–Crippen LogP) is 0.566. The van der Waals surface area contributed by atoms with Gasteiger partial charge in [0, 0.05) is 45.5 Å². The van der Waals surface area contributed by atoms with Crippen LogP contribution in [0.4, 0.5) is 4.79 Å². The van der Waals surface area contributed by atoms with Gasteiger partial charge in [-0.2, -0.15) is 0 Å². The van der Waals surface area contributed by atoms with E-state index in [-0.39, 0.29) is 12.5 Å². The van der Waals surface area contributed by atoms with Gasteiger partial charge in [0.05, 0.1) is 16.0 Å². The lowest BCUT2D eigenvalue weighted by Gasteiger charge is -2.39. The molecule has 0 aromatic carbocycles. The molecule has 3 atom stereocenters. The Balaban J connectivity index is 1.33. The zero-order chi connectivity index (χ0) is 23.6. The smallest absolute Gasteiger partial charge is 0.407 e. The first kappa shape index (κ1) is 23.5. The molecule has 178 valence electrons. The molecule has 0 bridgehead atoms. The van der Waals surface area contributed by atoms with Crippen LogP contribution in [0.5, 0.6) is 0 Å². The first-order chi connectivity index (χ1) is 15.8. The number of carbonyl (C=O) groups is 3. The minimum absolute atomic E-state index is 0.119. The number of amides is 2. The maximum atomic E-state index is 12.7. The molecule has 1 aromatic heterocycles. The number of rotatable bonds is 7. The molecule has 10 nitrogen and oxygen atoms in total. The third-order valence-corrected chi connectivity index (χ3v) is 7.83. The van der Waals surface area contributed by atoms with Gasteiger partial charge < -0.3 is 25.0 Å². The topological polar surface area (TPSA) is 115 Å². The van der Waals surface area contributed by atoms with Crippen molar-refractivity contribution in [1.29, 1.82) is 0 Å². The zero-order valence-corrected chi connectivity index (χ0v) is 19.6. The molecule has 4 rings (SSSR count). The Labute approximate surface area is 196 Å². The molecule has 33 heavy (non-hydrogen) atoms. The van der Waals surface area contributed by atoms with Crippen LogP contribution in [0.2, 0.25) is 0 Å². The number of aromatic nitrogens is 1. The Bertz CT molecular complexity index is 936. The van der Waals surface area contributed by atoms with Crippen LogP contribution in [0, 0.1) is 0 Å². The third kappa shape index (κ3) is 4.99.